The van der Waals surface area contributed by atoms with Gasteiger partial charge in [0.25, 0.3) is 0 Å². The van der Waals surface area contributed by atoms with Gasteiger partial charge in [-0.15, -0.1) is 0 Å². The summed E-state index contributed by atoms with van der Waals surface area (Å²) in [6, 6.07) is 11.2. The van der Waals surface area contributed by atoms with Crippen molar-refractivity contribution >= 4 is 0 Å². The van der Waals surface area contributed by atoms with Crippen LogP contribution in [0, 0.1) is 5.82 Å². The van der Waals surface area contributed by atoms with Gasteiger partial charge in [0, 0.05) is 5.56 Å². The van der Waals surface area contributed by atoms with E-state index in [9.17, 15) is 9.50 Å². The van der Waals surface area contributed by atoms with E-state index in [0.29, 0.717) is 29.2 Å². The molecule has 1 N–H and O–H groups in total. The molecule has 2 aromatic rings. The number of rotatable bonds is 5. The summed E-state index contributed by atoms with van der Waals surface area (Å²) in [4.78, 5) is 0. The minimum atomic E-state index is -0.971. The van der Waals surface area contributed by atoms with Crippen LogP contribution in [0.2, 0.25) is 0 Å². The molecule has 106 valence electrons. The fraction of sp³-hybridized carbons (Fsp3) is 0.250. The van der Waals surface area contributed by atoms with Crippen LogP contribution in [0.5, 0.6) is 11.5 Å². The topological polar surface area (TPSA) is 38.7 Å². The number of hydrogen-bond donors (Lipinski definition) is 1. The molecule has 0 fully saturated rings. The van der Waals surface area contributed by atoms with E-state index >= 15 is 0 Å². The average molecular weight is 276 g/mol. The lowest BCUT2D eigenvalue weighted by Crippen LogP contribution is -2.03. The molecule has 0 saturated heterocycles. The Bertz CT molecular complexity index is 584. The first-order valence-corrected chi connectivity index (χ1v) is 6.40. The second kappa shape index (κ2) is 6.39. The molecule has 0 aromatic heterocycles. The van der Waals surface area contributed by atoms with Crippen LogP contribution >= 0.6 is 0 Å². The van der Waals surface area contributed by atoms with E-state index in [0.717, 1.165) is 0 Å². The zero-order chi connectivity index (χ0) is 14.5. The maximum absolute atomic E-state index is 13.4. The van der Waals surface area contributed by atoms with Crippen LogP contribution in [0.1, 0.15) is 24.2 Å². The Labute approximate surface area is 117 Å². The Balaban J connectivity index is 2.37. The zero-order valence-electron chi connectivity index (χ0n) is 11.5. The highest BCUT2D eigenvalue weighted by Gasteiger charge is 2.17. The van der Waals surface area contributed by atoms with E-state index in [1.54, 1.807) is 18.2 Å². The van der Waals surface area contributed by atoms with Gasteiger partial charge in [-0.2, -0.15) is 0 Å². The van der Waals surface area contributed by atoms with Crippen molar-refractivity contribution in [1.29, 1.82) is 0 Å². The molecule has 0 aliphatic carbocycles. The number of aliphatic hydroxyl groups is 1. The minimum absolute atomic E-state index is 0.390. The van der Waals surface area contributed by atoms with Gasteiger partial charge in [0.1, 0.15) is 23.4 Å². The highest BCUT2D eigenvalue weighted by molar-refractivity contribution is 5.42. The molecule has 0 radical (unpaired) electrons. The SMILES string of the molecule is CCOc1cccc(C(O)c2cc(F)ccc2OC)c1. The van der Waals surface area contributed by atoms with Gasteiger partial charge in [-0.3, -0.25) is 0 Å². The van der Waals surface area contributed by atoms with E-state index in [4.69, 9.17) is 9.47 Å². The maximum atomic E-state index is 13.4. The molecular formula is C16H17FO3. The second-order valence-corrected chi connectivity index (χ2v) is 4.29. The largest absolute Gasteiger partial charge is 0.496 e. The lowest BCUT2D eigenvalue weighted by atomic mass is 10.0. The predicted octanol–water partition coefficient (Wildman–Crippen LogP) is 3.31. The summed E-state index contributed by atoms with van der Waals surface area (Å²) in [5, 5.41) is 10.4. The van der Waals surface area contributed by atoms with Gasteiger partial charge in [-0.25, -0.2) is 4.39 Å². The summed E-state index contributed by atoms with van der Waals surface area (Å²) in [6.07, 6.45) is -0.971. The molecule has 0 bridgehead atoms. The number of methoxy groups -OCH3 is 1. The number of ether oxygens (including phenoxy) is 2. The third-order valence-corrected chi connectivity index (χ3v) is 2.97. The third kappa shape index (κ3) is 3.08. The molecule has 4 heteroatoms. The maximum Gasteiger partial charge on any atom is 0.125 e. The molecule has 0 heterocycles. The first-order valence-electron chi connectivity index (χ1n) is 6.40. The lowest BCUT2D eigenvalue weighted by molar-refractivity contribution is 0.213. The van der Waals surface area contributed by atoms with E-state index in [1.807, 2.05) is 13.0 Å². The van der Waals surface area contributed by atoms with Crippen LogP contribution in [0.4, 0.5) is 4.39 Å². The highest BCUT2D eigenvalue weighted by atomic mass is 19.1. The van der Waals surface area contributed by atoms with Gasteiger partial charge >= 0.3 is 0 Å². The van der Waals surface area contributed by atoms with Crippen molar-refractivity contribution in [2.45, 2.75) is 13.0 Å². The second-order valence-electron chi connectivity index (χ2n) is 4.29. The highest BCUT2D eigenvalue weighted by Crippen LogP contribution is 2.31. The molecule has 2 rings (SSSR count). The number of benzene rings is 2. The van der Waals surface area contributed by atoms with Gasteiger partial charge in [0.2, 0.25) is 0 Å². The van der Waals surface area contributed by atoms with E-state index < -0.39 is 11.9 Å². The van der Waals surface area contributed by atoms with Crippen molar-refractivity contribution < 1.29 is 19.0 Å². The Morgan fingerprint density at radius 1 is 1.20 bits per heavy atom. The smallest absolute Gasteiger partial charge is 0.125 e. The lowest BCUT2D eigenvalue weighted by Gasteiger charge is -2.16. The van der Waals surface area contributed by atoms with Crippen LogP contribution in [-0.4, -0.2) is 18.8 Å². The van der Waals surface area contributed by atoms with Crippen molar-refractivity contribution in [1.82, 2.24) is 0 Å². The summed E-state index contributed by atoms with van der Waals surface area (Å²) < 4.78 is 23.9. The summed E-state index contributed by atoms with van der Waals surface area (Å²) in [6.45, 7) is 2.43. The fourth-order valence-corrected chi connectivity index (χ4v) is 2.04. The molecule has 2 aromatic carbocycles. The Morgan fingerprint density at radius 2 is 2.00 bits per heavy atom. The Kier molecular flexibility index (Phi) is 4.58. The molecule has 0 aliphatic rings. The first kappa shape index (κ1) is 14.3. The van der Waals surface area contributed by atoms with Crippen LogP contribution in [0.15, 0.2) is 42.5 Å². The number of aliphatic hydroxyl groups excluding tert-OH is 1. The third-order valence-electron chi connectivity index (χ3n) is 2.97. The quantitative estimate of drug-likeness (QED) is 0.910. The Morgan fingerprint density at radius 3 is 2.70 bits per heavy atom. The molecular weight excluding hydrogens is 259 g/mol. The van der Waals surface area contributed by atoms with Crippen LogP contribution < -0.4 is 9.47 Å². The van der Waals surface area contributed by atoms with E-state index in [1.165, 1.54) is 25.3 Å². The standard InChI is InChI=1S/C16H17FO3/c1-3-20-13-6-4-5-11(9-13)16(18)14-10-12(17)7-8-15(14)19-2/h4-10,16,18H,3H2,1-2H3. The van der Waals surface area contributed by atoms with E-state index in [2.05, 4.69) is 0 Å². The van der Waals surface area contributed by atoms with Gasteiger partial charge in [0.05, 0.1) is 13.7 Å². The van der Waals surface area contributed by atoms with Crippen LogP contribution in [0.25, 0.3) is 0 Å². The molecule has 1 unspecified atom stereocenters. The molecule has 0 amide bonds. The van der Waals surface area contributed by atoms with Gasteiger partial charge in [-0.1, -0.05) is 12.1 Å². The molecule has 0 spiro atoms. The van der Waals surface area contributed by atoms with Crippen molar-refractivity contribution in [3.63, 3.8) is 0 Å². The number of hydrogen-bond acceptors (Lipinski definition) is 3. The summed E-state index contributed by atoms with van der Waals surface area (Å²) in [5.74, 6) is 0.695. The van der Waals surface area contributed by atoms with Crippen LogP contribution in [-0.2, 0) is 0 Å². The zero-order valence-corrected chi connectivity index (χ0v) is 11.5. The number of halogens is 1. The summed E-state index contributed by atoms with van der Waals surface area (Å²) >= 11 is 0. The monoisotopic (exact) mass is 276 g/mol. The van der Waals surface area contributed by atoms with Crippen molar-refractivity contribution in [3.05, 3.63) is 59.4 Å². The summed E-state index contributed by atoms with van der Waals surface area (Å²) in [7, 11) is 1.49. The van der Waals surface area contributed by atoms with Gasteiger partial charge in [0.15, 0.2) is 0 Å². The molecule has 0 aliphatic heterocycles. The molecule has 0 saturated carbocycles. The van der Waals surface area contributed by atoms with Crippen molar-refractivity contribution in [3.8, 4) is 11.5 Å². The average Bonchev–Trinajstić information content (AvgIpc) is 2.47. The molecule has 1 atom stereocenters. The first-order chi connectivity index (χ1) is 9.65. The van der Waals surface area contributed by atoms with Crippen molar-refractivity contribution in [2.24, 2.45) is 0 Å². The predicted molar refractivity (Wildman–Crippen MR) is 74.6 cm³/mol. The van der Waals surface area contributed by atoms with Crippen molar-refractivity contribution in [2.75, 3.05) is 13.7 Å². The summed E-state index contributed by atoms with van der Waals surface area (Å²) in [5.41, 5.74) is 1.01. The molecule has 20 heavy (non-hydrogen) atoms. The minimum Gasteiger partial charge on any atom is -0.496 e. The van der Waals surface area contributed by atoms with E-state index in [-0.39, 0.29) is 0 Å². The Hall–Kier alpha value is -2.07. The molecule has 3 nitrogen and oxygen atoms in total. The fourth-order valence-electron chi connectivity index (χ4n) is 2.04. The van der Waals surface area contributed by atoms with Gasteiger partial charge in [-0.05, 0) is 42.8 Å². The van der Waals surface area contributed by atoms with Gasteiger partial charge < -0.3 is 14.6 Å². The van der Waals surface area contributed by atoms with Crippen LogP contribution in [0.3, 0.4) is 0 Å². The normalized spacial score (nSPS) is 12.0.